The average Bonchev–Trinajstić information content (AvgIpc) is 2.41. The van der Waals surface area contributed by atoms with Crippen molar-refractivity contribution in [2.24, 2.45) is 0 Å². The molecule has 0 bridgehead atoms. The summed E-state index contributed by atoms with van der Waals surface area (Å²) in [5.41, 5.74) is 2.45. The van der Waals surface area contributed by atoms with Gasteiger partial charge in [0.05, 0.1) is 7.11 Å². The molecule has 0 N–H and O–H groups in total. The van der Waals surface area contributed by atoms with Crippen molar-refractivity contribution in [1.82, 2.24) is 0 Å². The Kier molecular flexibility index (Phi) is 5.31. The van der Waals surface area contributed by atoms with E-state index in [-0.39, 0.29) is 4.83 Å². The van der Waals surface area contributed by atoms with Gasteiger partial charge in [0.1, 0.15) is 5.75 Å². The highest BCUT2D eigenvalue weighted by Gasteiger charge is 2.12. The Morgan fingerprint density at radius 3 is 2.42 bits per heavy atom. The van der Waals surface area contributed by atoms with E-state index in [2.05, 4.69) is 37.9 Å². The van der Waals surface area contributed by atoms with Gasteiger partial charge in [0.25, 0.3) is 0 Å². The van der Waals surface area contributed by atoms with E-state index in [0.717, 1.165) is 21.7 Å². The summed E-state index contributed by atoms with van der Waals surface area (Å²) < 4.78 is 6.25. The molecule has 0 aliphatic heterocycles. The molecule has 0 aliphatic carbocycles. The van der Waals surface area contributed by atoms with Crippen molar-refractivity contribution in [3.05, 3.63) is 63.1 Å². The predicted octanol–water partition coefficient (Wildman–Crippen LogP) is 5.79. The molecular formula is C15H13Br2ClO. The second kappa shape index (κ2) is 6.78. The van der Waals surface area contributed by atoms with Crippen molar-refractivity contribution >= 4 is 43.5 Å². The van der Waals surface area contributed by atoms with Gasteiger partial charge >= 0.3 is 0 Å². The largest absolute Gasteiger partial charge is 0.497 e. The van der Waals surface area contributed by atoms with Crippen LogP contribution in [0.1, 0.15) is 16.0 Å². The maximum absolute atomic E-state index is 5.89. The zero-order valence-electron chi connectivity index (χ0n) is 10.4. The van der Waals surface area contributed by atoms with Gasteiger partial charge in [-0.2, -0.15) is 0 Å². The first kappa shape index (κ1) is 14.9. The summed E-state index contributed by atoms with van der Waals surface area (Å²) in [5, 5.41) is 0.764. The molecule has 0 amide bonds. The third-order valence-corrected chi connectivity index (χ3v) is 4.63. The Hall–Kier alpha value is -0.510. The monoisotopic (exact) mass is 402 g/mol. The number of hydrogen-bond acceptors (Lipinski definition) is 1. The van der Waals surface area contributed by atoms with Gasteiger partial charge in [-0.15, -0.1) is 0 Å². The van der Waals surface area contributed by atoms with E-state index in [1.54, 1.807) is 7.11 Å². The summed E-state index contributed by atoms with van der Waals surface area (Å²) in [7, 11) is 1.67. The van der Waals surface area contributed by atoms with Crippen LogP contribution in [-0.4, -0.2) is 7.11 Å². The van der Waals surface area contributed by atoms with Crippen LogP contribution < -0.4 is 4.74 Å². The van der Waals surface area contributed by atoms with Crippen molar-refractivity contribution < 1.29 is 4.74 Å². The van der Waals surface area contributed by atoms with Crippen LogP contribution in [0.2, 0.25) is 5.02 Å². The minimum absolute atomic E-state index is 0.244. The van der Waals surface area contributed by atoms with Crippen LogP contribution in [0, 0.1) is 0 Å². The fourth-order valence-electron chi connectivity index (χ4n) is 1.83. The van der Waals surface area contributed by atoms with Gasteiger partial charge in [0.15, 0.2) is 0 Å². The van der Waals surface area contributed by atoms with Crippen LogP contribution in [0.5, 0.6) is 5.75 Å². The molecule has 2 rings (SSSR count). The number of benzene rings is 2. The van der Waals surface area contributed by atoms with Gasteiger partial charge < -0.3 is 4.74 Å². The zero-order chi connectivity index (χ0) is 13.8. The van der Waals surface area contributed by atoms with E-state index < -0.39 is 0 Å². The predicted molar refractivity (Wildman–Crippen MR) is 87.5 cm³/mol. The molecule has 0 aliphatic rings. The molecule has 1 nitrogen and oxygen atoms in total. The number of ether oxygens (including phenoxy) is 1. The van der Waals surface area contributed by atoms with Crippen LogP contribution in [0.3, 0.4) is 0 Å². The smallest absolute Gasteiger partial charge is 0.120 e. The second-order valence-corrected chi connectivity index (χ2v) is 6.58. The fourth-order valence-corrected chi connectivity index (χ4v) is 3.67. The summed E-state index contributed by atoms with van der Waals surface area (Å²) in [4.78, 5) is 0.244. The summed E-state index contributed by atoms with van der Waals surface area (Å²) in [5.74, 6) is 0.849. The maximum Gasteiger partial charge on any atom is 0.120 e. The highest BCUT2D eigenvalue weighted by molar-refractivity contribution is 9.11. The molecule has 0 radical (unpaired) electrons. The Morgan fingerprint density at radius 2 is 1.84 bits per heavy atom. The van der Waals surface area contributed by atoms with E-state index >= 15 is 0 Å². The second-order valence-electron chi connectivity index (χ2n) is 4.19. The SMILES string of the molecule is COc1ccc(C(Br)Cc2ccc(Cl)cc2)c(Br)c1. The third-order valence-electron chi connectivity index (χ3n) is 2.87. The number of methoxy groups -OCH3 is 1. The Morgan fingerprint density at radius 1 is 1.16 bits per heavy atom. The van der Waals surface area contributed by atoms with Crippen LogP contribution in [0.25, 0.3) is 0 Å². The van der Waals surface area contributed by atoms with E-state index in [9.17, 15) is 0 Å². The quantitative estimate of drug-likeness (QED) is 0.586. The normalized spacial score (nSPS) is 12.2. The van der Waals surface area contributed by atoms with Crippen molar-refractivity contribution in [2.45, 2.75) is 11.2 Å². The topological polar surface area (TPSA) is 9.23 Å². The molecule has 0 spiro atoms. The lowest BCUT2D eigenvalue weighted by atomic mass is 10.0. The first-order chi connectivity index (χ1) is 9.10. The zero-order valence-corrected chi connectivity index (χ0v) is 14.3. The molecule has 19 heavy (non-hydrogen) atoms. The van der Waals surface area contributed by atoms with Gasteiger partial charge in [-0.05, 0) is 41.8 Å². The van der Waals surface area contributed by atoms with E-state index in [4.69, 9.17) is 16.3 Å². The summed E-state index contributed by atoms with van der Waals surface area (Å²) in [6.45, 7) is 0. The molecule has 1 atom stereocenters. The summed E-state index contributed by atoms with van der Waals surface area (Å²) >= 11 is 13.2. The third kappa shape index (κ3) is 3.98. The van der Waals surface area contributed by atoms with E-state index in [1.807, 2.05) is 36.4 Å². The summed E-state index contributed by atoms with van der Waals surface area (Å²) in [6, 6.07) is 13.9. The first-order valence-corrected chi connectivity index (χ1v) is 7.91. The summed E-state index contributed by atoms with van der Waals surface area (Å²) in [6.07, 6.45) is 0.905. The van der Waals surface area contributed by atoms with Crippen molar-refractivity contribution in [2.75, 3.05) is 7.11 Å². The molecule has 0 fully saturated rings. The van der Waals surface area contributed by atoms with Crippen molar-refractivity contribution in [3.8, 4) is 5.75 Å². The lowest BCUT2D eigenvalue weighted by molar-refractivity contribution is 0.414. The lowest BCUT2D eigenvalue weighted by Gasteiger charge is -2.13. The van der Waals surface area contributed by atoms with Crippen LogP contribution in [-0.2, 0) is 6.42 Å². The maximum atomic E-state index is 5.89. The molecule has 0 heterocycles. The molecule has 1 unspecified atom stereocenters. The molecule has 0 saturated carbocycles. The van der Waals surface area contributed by atoms with Gasteiger partial charge in [-0.1, -0.05) is 61.7 Å². The Bertz CT molecular complexity index is 555. The van der Waals surface area contributed by atoms with Crippen LogP contribution >= 0.6 is 43.5 Å². The Labute approximate surface area is 135 Å². The number of rotatable bonds is 4. The number of hydrogen-bond donors (Lipinski definition) is 0. The molecular weight excluding hydrogens is 391 g/mol. The standard InChI is InChI=1S/C15H13Br2ClO/c1-19-12-6-7-13(15(17)9-12)14(16)8-10-2-4-11(18)5-3-10/h2-7,9,14H,8H2,1H3. The molecule has 100 valence electrons. The van der Waals surface area contributed by atoms with E-state index in [1.165, 1.54) is 11.1 Å². The Balaban J connectivity index is 2.15. The highest BCUT2D eigenvalue weighted by atomic mass is 79.9. The molecule has 0 saturated heterocycles. The average molecular weight is 405 g/mol. The van der Waals surface area contributed by atoms with Crippen LogP contribution in [0.4, 0.5) is 0 Å². The van der Waals surface area contributed by atoms with Gasteiger partial charge in [0.2, 0.25) is 0 Å². The van der Waals surface area contributed by atoms with Crippen molar-refractivity contribution in [3.63, 3.8) is 0 Å². The molecule has 2 aromatic rings. The van der Waals surface area contributed by atoms with Crippen molar-refractivity contribution in [1.29, 1.82) is 0 Å². The minimum atomic E-state index is 0.244. The van der Waals surface area contributed by atoms with E-state index in [0.29, 0.717) is 0 Å². The lowest BCUT2D eigenvalue weighted by Crippen LogP contribution is -1.97. The van der Waals surface area contributed by atoms with Crippen LogP contribution in [0.15, 0.2) is 46.9 Å². The van der Waals surface area contributed by atoms with Gasteiger partial charge in [0, 0.05) is 14.3 Å². The first-order valence-electron chi connectivity index (χ1n) is 5.82. The molecule has 4 heteroatoms. The number of halogens is 3. The number of alkyl halides is 1. The van der Waals surface area contributed by atoms with Gasteiger partial charge in [-0.25, -0.2) is 0 Å². The fraction of sp³-hybridized carbons (Fsp3) is 0.200. The van der Waals surface area contributed by atoms with Gasteiger partial charge in [-0.3, -0.25) is 0 Å². The molecule has 0 aromatic heterocycles. The minimum Gasteiger partial charge on any atom is -0.497 e. The highest BCUT2D eigenvalue weighted by Crippen LogP contribution is 2.34. The molecule has 2 aromatic carbocycles.